The zero-order chi connectivity index (χ0) is 9.35. The molecule has 12 heavy (non-hydrogen) atoms. The van der Waals surface area contributed by atoms with Crippen LogP contribution in [0.5, 0.6) is 0 Å². The number of hydrogen-bond donors (Lipinski definition) is 1. The fourth-order valence-electron chi connectivity index (χ4n) is 0.781. The Labute approximate surface area is 66.3 Å². The molecule has 1 aromatic heterocycles. The molecule has 0 aliphatic rings. The summed E-state index contributed by atoms with van der Waals surface area (Å²) in [7, 11) is 0. The van der Waals surface area contributed by atoms with Crippen LogP contribution in [0.1, 0.15) is 17.4 Å². The molecular weight excluding hydrogens is 173 g/mol. The van der Waals surface area contributed by atoms with Gasteiger partial charge in [0, 0.05) is 5.56 Å². The Morgan fingerprint density at radius 2 is 2.17 bits per heavy atom. The van der Waals surface area contributed by atoms with Gasteiger partial charge in [0.2, 0.25) is 0 Å². The van der Waals surface area contributed by atoms with E-state index in [0.717, 1.165) is 6.20 Å². The maximum absolute atomic E-state index is 12.0. The van der Waals surface area contributed by atoms with Crippen molar-refractivity contribution >= 4 is 0 Å². The van der Waals surface area contributed by atoms with Crippen LogP contribution < -0.4 is 5.73 Å². The maximum atomic E-state index is 12.0. The van der Waals surface area contributed by atoms with Gasteiger partial charge in [0.05, 0.1) is 6.20 Å². The van der Waals surface area contributed by atoms with Crippen LogP contribution in [0.3, 0.4) is 0 Å². The Balaban J connectivity index is 2.92. The number of halogens is 3. The zero-order valence-electron chi connectivity index (χ0n) is 6.22. The third-order valence-electron chi connectivity index (χ3n) is 1.48. The van der Waals surface area contributed by atoms with E-state index in [2.05, 4.69) is 9.68 Å². The van der Waals surface area contributed by atoms with Gasteiger partial charge in [-0.3, -0.25) is 0 Å². The third kappa shape index (κ3) is 1.58. The van der Waals surface area contributed by atoms with Gasteiger partial charge in [0.1, 0.15) is 11.8 Å². The van der Waals surface area contributed by atoms with Crippen LogP contribution in [-0.4, -0.2) is 11.3 Å². The van der Waals surface area contributed by atoms with E-state index in [4.69, 9.17) is 5.73 Å². The van der Waals surface area contributed by atoms with Crippen molar-refractivity contribution in [3.63, 3.8) is 0 Å². The van der Waals surface area contributed by atoms with Gasteiger partial charge < -0.3 is 10.3 Å². The largest absolute Gasteiger partial charge is 0.407 e. The van der Waals surface area contributed by atoms with Crippen LogP contribution in [0, 0.1) is 6.92 Å². The lowest BCUT2D eigenvalue weighted by molar-refractivity contribution is -0.149. The van der Waals surface area contributed by atoms with E-state index in [1.54, 1.807) is 0 Å². The molecule has 6 heteroatoms. The highest BCUT2D eigenvalue weighted by Crippen LogP contribution is 2.31. The number of rotatable bonds is 1. The molecule has 0 saturated heterocycles. The maximum Gasteiger partial charge on any atom is 0.407 e. The minimum Gasteiger partial charge on any atom is -0.361 e. The van der Waals surface area contributed by atoms with Crippen molar-refractivity contribution in [1.82, 2.24) is 5.16 Å². The number of nitrogens with two attached hydrogens (primary N) is 1. The molecule has 0 spiro atoms. The minimum atomic E-state index is -4.45. The van der Waals surface area contributed by atoms with Crippen LogP contribution in [0.25, 0.3) is 0 Å². The summed E-state index contributed by atoms with van der Waals surface area (Å²) in [5, 5.41) is 3.20. The first-order chi connectivity index (χ1) is 5.43. The monoisotopic (exact) mass is 180 g/mol. The number of aromatic nitrogens is 1. The van der Waals surface area contributed by atoms with Crippen molar-refractivity contribution in [3.8, 4) is 0 Å². The van der Waals surface area contributed by atoms with E-state index in [1.165, 1.54) is 6.92 Å². The van der Waals surface area contributed by atoms with E-state index >= 15 is 0 Å². The summed E-state index contributed by atoms with van der Waals surface area (Å²) in [5.41, 5.74) is 4.77. The normalized spacial score (nSPS) is 14.8. The predicted octanol–water partition coefficient (Wildman–Crippen LogP) is 1.55. The quantitative estimate of drug-likeness (QED) is 0.713. The molecule has 1 heterocycles. The lowest BCUT2D eigenvalue weighted by atomic mass is 10.1. The number of aryl methyl sites for hydroxylation is 1. The first-order valence-corrected chi connectivity index (χ1v) is 3.16. The van der Waals surface area contributed by atoms with Gasteiger partial charge >= 0.3 is 6.18 Å². The van der Waals surface area contributed by atoms with Crippen LogP contribution >= 0.6 is 0 Å². The van der Waals surface area contributed by atoms with Crippen LogP contribution in [0.4, 0.5) is 13.2 Å². The Bertz CT molecular complexity index is 268. The van der Waals surface area contributed by atoms with E-state index < -0.39 is 12.2 Å². The molecule has 0 saturated carbocycles. The summed E-state index contributed by atoms with van der Waals surface area (Å²) in [4.78, 5) is 0. The smallest absolute Gasteiger partial charge is 0.361 e. The Kier molecular flexibility index (Phi) is 2.10. The third-order valence-corrected chi connectivity index (χ3v) is 1.48. The molecule has 0 aliphatic carbocycles. The average Bonchev–Trinajstić information content (AvgIpc) is 2.31. The minimum absolute atomic E-state index is 0.0971. The summed E-state index contributed by atoms with van der Waals surface area (Å²) in [6.07, 6.45) is -3.47. The molecule has 68 valence electrons. The highest BCUT2D eigenvalue weighted by molar-refractivity contribution is 5.17. The van der Waals surface area contributed by atoms with Gasteiger partial charge in [-0.2, -0.15) is 13.2 Å². The summed E-state index contributed by atoms with van der Waals surface area (Å²) in [5.74, 6) is 0.0971. The second-order valence-corrected chi connectivity index (χ2v) is 2.36. The van der Waals surface area contributed by atoms with Gasteiger partial charge in [0.25, 0.3) is 0 Å². The molecule has 1 atom stereocenters. The Hall–Kier alpha value is -1.04. The van der Waals surface area contributed by atoms with Crippen molar-refractivity contribution in [2.45, 2.75) is 19.1 Å². The number of hydrogen-bond acceptors (Lipinski definition) is 3. The van der Waals surface area contributed by atoms with Crippen LogP contribution in [-0.2, 0) is 0 Å². The topological polar surface area (TPSA) is 52.0 Å². The van der Waals surface area contributed by atoms with Gasteiger partial charge in [0.15, 0.2) is 0 Å². The fraction of sp³-hybridized carbons (Fsp3) is 0.500. The molecule has 0 bridgehead atoms. The predicted molar refractivity (Wildman–Crippen MR) is 34.2 cm³/mol. The number of nitrogens with zero attached hydrogens (tertiary/aromatic N) is 1. The molecule has 2 N–H and O–H groups in total. The van der Waals surface area contributed by atoms with Crippen LogP contribution in [0.2, 0.25) is 0 Å². The zero-order valence-corrected chi connectivity index (χ0v) is 6.22. The molecule has 0 aromatic carbocycles. The van der Waals surface area contributed by atoms with Crippen molar-refractivity contribution in [2.75, 3.05) is 0 Å². The molecule has 1 aromatic rings. The molecule has 1 unspecified atom stereocenters. The van der Waals surface area contributed by atoms with Crippen LogP contribution in [0.15, 0.2) is 10.7 Å². The van der Waals surface area contributed by atoms with Gasteiger partial charge in [-0.25, -0.2) is 0 Å². The second-order valence-electron chi connectivity index (χ2n) is 2.36. The molecule has 0 amide bonds. The summed E-state index contributed by atoms with van der Waals surface area (Å²) in [6, 6.07) is -2.01. The second kappa shape index (κ2) is 2.78. The fourth-order valence-corrected chi connectivity index (χ4v) is 0.781. The average molecular weight is 180 g/mol. The SMILES string of the molecule is Cc1oncc1C(N)C(F)(F)F. The lowest BCUT2D eigenvalue weighted by Crippen LogP contribution is -2.28. The van der Waals surface area contributed by atoms with Crippen molar-refractivity contribution in [1.29, 1.82) is 0 Å². The van der Waals surface area contributed by atoms with E-state index in [1.807, 2.05) is 0 Å². The van der Waals surface area contributed by atoms with E-state index in [0.29, 0.717) is 0 Å². The molecule has 0 aliphatic heterocycles. The molecule has 0 fully saturated rings. The number of alkyl halides is 3. The Morgan fingerprint density at radius 3 is 2.50 bits per heavy atom. The summed E-state index contributed by atoms with van der Waals surface area (Å²) < 4.78 is 40.4. The van der Waals surface area contributed by atoms with Crippen molar-refractivity contribution < 1.29 is 17.7 Å². The summed E-state index contributed by atoms with van der Waals surface area (Å²) >= 11 is 0. The summed E-state index contributed by atoms with van der Waals surface area (Å²) in [6.45, 7) is 1.38. The molecule has 0 radical (unpaired) electrons. The van der Waals surface area contributed by atoms with Gasteiger partial charge in [-0.15, -0.1) is 0 Å². The van der Waals surface area contributed by atoms with Crippen molar-refractivity contribution in [3.05, 3.63) is 17.5 Å². The first kappa shape index (κ1) is 9.05. The van der Waals surface area contributed by atoms with Gasteiger partial charge in [-0.05, 0) is 6.92 Å². The van der Waals surface area contributed by atoms with Gasteiger partial charge in [-0.1, -0.05) is 5.16 Å². The highest BCUT2D eigenvalue weighted by Gasteiger charge is 2.39. The highest BCUT2D eigenvalue weighted by atomic mass is 19.4. The van der Waals surface area contributed by atoms with E-state index in [9.17, 15) is 13.2 Å². The molecule has 3 nitrogen and oxygen atoms in total. The first-order valence-electron chi connectivity index (χ1n) is 3.16. The standard InChI is InChI=1S/C6H7F3N2O/c1-3-4(2-11-12-3)5(10)6(7,8)9/h2,5H,10H2,1H3. The van der Waals surface area contributed by atoms with E-state index in [-0.39, 0.29) is 11.3 Å². The Morgan fingerprint density at radius 1 is 1.58 bits per heavy atom. The van der Waals surface area contributed by atoms with Crippen molar-refractivity contribution in [2.24, 2.45) is 5.73 Å². The lowest BCUT2D eigenvalue weighted by Gasteiger charge is -2.13. The molecule has 1 rings (SSSR count). The molecular formula is C6H7F3N2O.